The zero-order valence-corrected chi connectivity index (χ0v) is 21.5. The lowest BCUT2D eigenvalue weighted by atomic mass is 9.44. The van der Waals surface area contributed by atoms with Crippen LogP contribution in [0, 0.1) is 58.2 Å². The SMILES string of the molecule is CCCC1CCC2(C)C(CCC3C2CCC2(C)C(C(C)CCCC(C)C)CCC32)C1. The summed E-state index contributed by atoms with van der Waals surface area (Å²) >= 11 is 0. The average molecular weight is 415 g/mol. The Bertz CT molecular complexity index is 562. The highest BCUT2D eigenvalue weighted by atomic mass is 14.6. The summed E-state index contributed by atoms with van der Waals surface area (Å²) in [5.41, 5.74) is 1.36. The summed E-state index contributed by atoms with van der Waals surface area (Å²) < 4.78 is 0. The highest BCUT2D eigenvalue weighted by molar-refractivity contribution is 5.09. The first-order valence-corrected chi connectivity index (χ1v) is 14.3. The minimum atomic E-state index is 0.668. The van der Waals surface area contributed by atoms with Gasteiger partial charge in [0.1, 0.15) is 0 Å². The van der Waals surface area contributed by atoms with Crippen LogP contribution in [0.1, 0.15) is 131 Å². The van der Waals surface area contributed by atoms with E-state index in [4.69, 9.17) is 0 Å². The first-order valence-electron chi connectivity index (χ1n) is 14.3. The maximum absolute atomic E-state index is 2.76. The number of fused-ring (bicyclic) bond motifs is 5. The molecule has 0 heterocycles. The van der Waals surface area contributed by atoms with Gasteiger partial charge < -0.3 is 0 Å². The van der Waals surface area contributed by atoms with Crippen molar-refractivity contribution < 1.29 is 0 Å². The lowest BCUT2D eigenvalue weighted by Gasteiger charge is -2.61. The summed E-state index contributed by atoms with van der Waals surface area (Å²) in [7, 11) is 0. The van der Waals surface area contributed by atoms with Crippen molar-refractivity contribution in [2.75, 3.05) is 0 Å². The van der Waals surface area contributed by atoms with E-state index in [9.17, 15) is 0 Å². The van der Waals surface area contributed by atoms with Gasteiger partial charge in [0.15, 0.2) is 0 Å². The van der Waals surface area contributed by atoms with E-state index >= 15 is 0 Å². The van der Waals surface area contributed by atoms with Gasteiger partial charge in [-0.2, -0.15) is 0 Å². The van der Waals surface area contributed by atoms with E-state index in [0.29, 0.717) is 10.8 Å². The van der Waals surface area contributed by atoms with Crippen LogP contribution in [0.15, 0.2) is 0 Å². The van der Waals surface area contributed by atoms with Crippen LogP contribution < -0.4 is 0 Å². The van der Waals surface area contributed by atoms with Gasteiger partial charge in [0.25, 0.3) is 0 Å². The molecule has 0 bridgehead atoms. The van der Waals surface area contributed by atoms with Crippen LogP contribution in [-0.4, -0.2) is 0 Å². The Balaban J connectivity index is 1.43. The zero-order chi connectivity index (χ0) is 21.5. The lowest BCUT2D eigenvalue weighted by Crippen LogP contribution is -2.53. The van der Waals surface area contributed by atoms with Crippen molar-refractivity contribution in [3.05, 3.63) is 0 Å². The quantitative estimate of drug-likeness (QED) is 0.389. The molecule has 4 fully saturated rings. The molecule has 4 saturated carbocycles. The van der Waals surface area contributed by atoms with Crippen LogP contribution in [0.3, 0.4) is 0 Å². The monoisotopic (exact) mass is 414 g/mol. The number of rotatable bonds is 7. The zero-order valence-electron chi connectivity index (χ0n) is 21.5. The highest BCUT2D eigenvalue weighted by Gasteiger charge is 2.60. The van der Waals surface area contributed by atoms with Gasteiger partial charge in [-0.1, -0.05) is 73.6 Å². The van der Waals surface area contributed by atoms with Crippen molar-refractivity contribution >= 4 is 0 Å². The molecule has 4 aliphatic carbocycles. The summed E-state index contributed by atoms with van der Waals surface area (Å²) in [4.78, 5) is 0. The van der Waals surface area contributed by atoms with Crippen molar-refractivity contribution in [1.82, 2.24) is 0 Å². The van der Waals surface area contributed by atoms with Crippen LogP contribution in [0.5, 0.6) is 0 Å². The Labute approximate surface area is 189 Å². The van der Waals surface area contributed by atoms with Crippen molar-refractivity contribution in [3.63, 3.8) is 0 Å². The van der Waals surface area contributed by atoms with E-state index in [1.165, 1.54) is 32.1 Å². The average Bonchev–Trinajstić information content (AvgIpc) is 3.05. The Kier molecular flexibility index (Phi) is 7.02. The molecule has 0 spiro atoms. The standard InChI is InChI=1S/C30H54/c1-7-9-23-16-18-29(5)24(20-23)12-13-25-27-15-14-26(22(4)11-8-10-21(2)3)30(27,6)19-17-28(25)29/h21-28H,7-20H2,1-6H3. The van der Waals surface area contributed by atoms with Gasteiger partial charge in [-0.15, -0.1) is 0 Å². The lowest BCUT2D eigenvalue weighted by molar-refractivity contribution is -0.121. The number of hydrogen-bond donors (Lipinski definition) is 0. The third-order valence-corrected chi connectivity index (χ3v) is 11.7. The van der Waals surface area contributed by atoms with Crippen molar-refractivity contribution in [3.8, 4) is 0 Å². The largest absolute Gasteiger partial charge is 0.0654 e. The van der Waals surface area contributed by atoms with Crippen LogP contribution >= 0.6 is 0 Å². The highest BCUT2D eigenvalue weighted by Crippen LogP contribution is 2.68. The summed E-state index contributed by atoms with van der Waals surface area (Å²) in [6.07, 6.45) is 21.3. The van der Waals surface area contributed by atoms with Crippen LogP contribution in [0.4, 0.5) is 0 Å². The first-order chi connectivity index (χ1) is 14.3. The topological polar surface area (TPSA) is 0 Å². The van der Waals surface area contributed by atoms with Gasteiger partial charge in [-0.25, -0.2) is 0 Å². The fourth-order valence-corrected chi connectivity index (χ4v) is 10.0. The smallest absolute Gasteiger partial charge is 0.0264 e. The molecule has 0 nitrogen and oxygen atoms in total. The molecule has 0 heteroatoms. The fraction of sp³-hybridized carbons (Fsp3) is 1.00. The molecule has 174 valence electrons. The Morgan fingerprint density at radius 2 is 1.53 bits per heavy atom. The summed E-state index contributed by atoms with van der Waals surface area (Å²) in [6.45, 7) is 15.3. The molecule has 30 heavy (non-hydrogen) atoms. The minimum Gasteiger partial charge on any atom is -0.0654 e. The van der Waals surface area contributed by atoms with Crippen molar-refractivity contribution in [2.45, 2.75) is 131 Å². The summed E-state index contributed by atoms with van der Waals surface area (Å²) in [5.74, 6) is 8.14. The molecule has 0 N–H and O–H groups in total. The third-order valence-electron chi connectivity index (χ3n) is 11.7. The van der Waals surface area contributed by atoms with Gasteiger partial charge >= 0.3 is 0 Å². The van der Waals surface area contributed by atoms with Gasteiger partial charge in [0.2, 0.25) is 0 Å². The molecule has 9 unspecified atom stereocenters. The second-order valence-corrected chi connectivity index (χ2v) is 13.6. The van der Waals surface area contributed by atoms with Gasteiger partial charge in [-0.05, 0) is 116 Å². The minimum absolute atomic E-state index is 0.668. The molecule has 0 aliphatic heterocycles. The van der Waals surface area contributed by atoms with Crippen molar-refractivity contribution in [1.29, 1.82) is 0 Å². The second-order valence-electron chi connectivity index (χ2n) is 13.6. The Morgan fingerprint density at radius 1 is 0.800 bits per heavy atom. The second kappa shape index (κ2) is 9.09. The molecule has 0 saturated heterocycles. The Morgan fingerprint density at radius 3 is 2.27 bits per heavy atom. The van der Waals surface area contributed by atoms with Gasteiger partial charge in [0, 0.05) is 0 Å². The molecule has 4 rings (SSSR count). The van der Waals surface area contributed by atoms with Crippen LogP contribution in [0.25, 0.3) is 0 Å². The van der Waals surface area contributed by atoms with Gasteiger partial charge in [-0.3, -0.25) is 0 Å². The summed E-state index contributed by atoms with van der Waals surface area (Å²) in [5, 5.41) is 0. The molecule has 0 aromatic heterocycles. The van der Waals surface area contributed by atoms with E-state index in [1.54, 1.807) is 57.8 Å². The molecule has 0 aromatic carbocycles. The third kappa shape index (κ3) is 4.05. The Hall–Kier alpha value is 0. The van der Waals surface area contributed by atoms with E-state index in [2.05, 4.69) is 41.5 Å². The predicted octanol–water partition coefficient (Wildman–Crippen LogP) is 9.52. The molecular weight excluding hydrogens is 360 g/mol. The molecule has 9 atom stereocenters. The summed E-state index contributed by atoms with van der Waals surface area (Å²) in [6, 6.07) is 0. The normalized spacial score (nSPS) is 46.9. The molecule has 4 aliphatic rings. The molecule has 0 aromatic rings. The van der Waals surface area contributed by atoms with Crippen molar-refractivity contribution in [2.24, 2.45) is 58.2 Å². The fourth-order valence-electron chi connectivity index (χ4n) is 10.0. The number of hydrogen-bond acceptors (Lipinski definition) is 0. The maximum atomic E-state index is 2.76. The van der Waals surface area contributed by atoms with Crippen LogP contribution in [0.2, 0.25) is 0 Å². The maximum Gasteiger partial charge on any atom is -0.0264 e. The van der Waals surface area contributed by atoms with E-state index in [-0.39, 0.29) is 0 Å². The first kappa shape index (κ1) is 23.2. The van der Waals surface area contributed by atoms with Crippen LogP contribution in [-0.2, 0) is 0 Å². The van der Waals surface area contributed by atoms with E-state index in [1.807, 2.05) is 0 Å². The molecule has 0 amide bonds. The molecule has 0 radical (unpaired) electrons. The van der Waals surface area contributed by atoms with E-state index in [0.717, 1.165) is 47.3 Å². The van der Waals surface area contributed by atoms with Gasteiger partial charge in [0.05, 0.1) is 0 Å². The molecular formula is C30H54. The predicted molar refractivity (Wildman–Crippen MR) is 131 cm³/mol. The van der Waals surface area contributed by atoms with E-state index < -0.39 is 0 Å².